The molecule has 6 nitrogen and oxygen atoms in total. The molecule has 0 spiro atoms. The molecule has 1 amide bonds. The van der Waals surface area contributed by atoms with E-state index in [1.54, 1.807) is 0 Å². The Morgan fingerprint density at radius 1 is 1.21 bits per heavy atom. The Hall–Kier alpha value is -2.63. The molecule has 1 aliphatic heterocycles. The van der Waals surface area contributed by atoms with E-state index in [4.69, 9.17) is 9.72 Å². The Bertz CT molecular complexity index is 758. The van der Waals surface area contributed by atoms with Gasteiger partial charge in [-0.05, 0) is 44.2 Å². The molecule has 3 rings (SSSR count). The van der Waals surface area contributed by atoms with Crippen LogP contribution >= 0.6 is 0 Å². The molecule has 0 radical (unpaired) electrons. The van der Waals surface area contributed by atoms with Gasteiger partial charge in [-0.25, -0.2) is 9.97 Å². The van der Waals surface area contributed by atoms with E-state index in [-0.39, 0.29) is 12.5 Å². The molecule has 2 aromatic rings. The molecule has 6 heteroatoms. The molecule has 1 aromatic carbocycles. The lowest BCUT2D eigenvalue weighted by Gasteiger charge is -2.33. The quantitative estimate of drug-likeness (QED) is 0.760. The first-order valence-corrected chi connectivity index (χ1v) is 10.2. The van der Waals surface area contributed by atoms with Gasteiger partial charge in [0.2, 0.25) is 0 Å². The fraction of sp³-hybridized carbons (Fsp3) is 0.500. The number of aromatic nitrogens is 2. The number of ether oxygens (including phenoxy) is 1. The minimum absolute atomic E-state index is 0.0588. The first kappa shape index (κ1) is 20.1. The normalized spacial score (nSPS) is 14.7. The highest BCUT2D eigenvalue weighted by molar-refractivity contribution is 5.77. The van der Waals surface area contributed by atoms with Gasteiger partial charge in [-0.3, -0.25) is 4.79 Å². The van der Waals surface area contributed by atoms with Crippen LogP contribution in [0.1, 0.15) is 37.7 Å². The number of anilines is 1. The molecule has 1 aliphatic rings. The number of nitrogens with one attached hydrogen (secondary N) is 1. The number of nitrogens with zero attached hydrogens (tertiary/aromatic N) is 3. The summed E-state index contributed by atoms with van der Waals surface area (Å²) in [6.45, 7) is 6.87. The van der Waals surface area contributed by atoms with E-state index in [1.807, 2.05) is 37.3 Å². The third kappa shape index (κ3) is 5.94. The van der Waals surface area contributed by atoms with Crippen molar-refractivity contribution in [3.05, 3.63) is 47.9 Å². The topological polar surface area (TPSA) is 67.4 Å². The summed E-state index contributed by atoms with van der Waals surface area (Å²) in [6, 6.07) is 11.5. The summed E-state index contributed by atoms with van der Waals surface area (Å²) < 4.78 is 5.49. The zero-order valence-electron chi connectivity index (χ0n) is 16.9. The number of hydrogen-bond acceptors (Lipinski definition) is 5. The largest absolute Gasteiger partial charge is 0.484 e. The van der Waals surface area contributed by atoms with Crippen LogP contribution in [0.15, 0.2) is 36.4 Å². The lowest BCUT2D eigenvalue weighted by atomic mass is 9.97. The molecule has 1 N–H and O–H groups in total. The molecule has 0 aliphatic carbocycles. The summed E-state index contributed by atoms with van der Waals surface area (Å²) in [5.41, 5.74) is 1.03. The molecule has 28 heavy (non-hydrogen) atoms. The number of benzene rings is 1. The Morgan fingerprint density at radius 3 is 2.68 bits per heavy atom. The van der Waals surface area contributed by atoms with E-state index in [2.05, 4.69) is 28.2 Å². The molecule has 0 bridgehead atoms. The Kier molecular flexibility index (Phi) is 7.23. The van der Waals surface area contributed by atoms with E-state index in [1.165, 1.54) is 0 Å². The van der Waals surface area contributed by atoms with Crippen molar-refractivity contribution in [2.24, 2.45) is 5.92 Å². The summed E-state index contributed by atoms with van der Waals surface area (Å²) in [5, 5.41) is 3.00. The van der Waals surface area contributed by atoms with Crippen LogP contribution in [0, 0.1) is 12.8 Å². The smallest absolute Gasteiger partial charge is 0.257 e. The average Bonchev–Trinajstić information content (AvgIpc) is 2.72. The number of amides is 1. The summed E-state index contributed by atoms with van der Waals surface area (Å²) in [6.07, 6.45) is 4.07. The Balaban J connectivity index is 1.41. The number of para-hydroxylation sites is 1. The van der Waals surface area contributed by atoms with Crippen molar-refractivity contribution in [1.29, 1.82) is 0 Å². The van der Waals surface area contributed by atoms with Gasteiger partial charge in [0, 0.05) is 37.8 Å². The van der Waals surface area contributed by atoms with Crippen LogP contribution in [0.2, 0.25) is 0 Å². The van der Waals surface area contributed by atoms with Crippen molar-refractivity contribution in [2.45, 2.75) is 39.5 Å². The molecule has 0 saturated carbocycles. The molecule has 2 heterocycles. The maximum Gasteiger partial charge on any atom is 0.257 e. The van der Waals surface area contributed by atoms with Crippen molar-refractivity contribution in [2.75, 3.05) is 31.1 Å². The molecule has 0 atom stereocenters. The van der Waals surface area contributed by atoms with Gasteiger partial charge < -0.3 is 15.0 Å². The minimum atomic E-state index is -0.0677. The summed E-state index contributed by atoms with van der Waals surface area (Å²) >= 11 is 0. The molecular weight excluding hydrogens is 352 g/mol. The monoisotopic (exact) mass is 382 g/mol. The van der Waals surface area contributed by atoms with Gasteiger partial charge in [-0.15, -0.1) is 0 Å². The molecule has 1 aromatic heterocycles. The van der Waals surface area contributed by atoms with Crippen molar-refractivity contribution in [1.82, 2.24) is 15.3 Å². The highest BCUT2D eigenvalue weighted by Crippen LogP contribution is 2.22. The van der Waals surface area contributed by atoms with Crippen molar-refractivity contribution in [3.63, 3.8) is 0 Å². The van der Waals surface area contributed by atoms with Gasteiger partial charge in [-0.2, -0.15) is 0 Å². The zero-order chi connectivity index (χ0) is 19.8. The van der Waals surface area contributed by atoms with Crippen LogP contribution in [0.5, 0.6) is 5.75 Å². The lowest BCUT2D eigenvalue weighted by molar-refractivity contribution is -0.123. The van der Waals surface area contributed by atoms with Gasteiger partial charge in [0.05, 0.1) is 0 Å². The van der Waals surface area contributed by atoms with Gasteiger partial charge in [-0.1, -0.05) is 25.1 Å². The summed E-state index contributed by atoms with van der Waals surface area (Å²) in [4.78, 5) is 23.6. The number of hydrogen-bond donors (Lipinski definition) is 1. The second-order valence-corrected chi connectivity index (χ2v) is 7.37. The predicted molar refractivity (Wildman–Crippen MR) is 111 cm³/mol. The lowest BCUT2D eigenvalue weighted by Crippen LogP contribution is -2.40. The number of aryl methyl sites for hydroxylation is 2. The van der Waals surface area contributed by atoms with Gasteiger partial charge in [0.15, 0.2) is 6.61 Å². The molecule has 1 saturated heterocycles. The molecule has 1 fully saturated rings. The maximum absolute atomic E-state index is 12.0. The Labute approximate surface area is 167 Å². The fourth-order valence-electron chi connectivity index (χ4n) is 3.45. The first-order chi connectivity index (χ1) is 13.6. The van der Waals surface area contributed by atoms with Crippen molar-refractivity contribution < 1.29 is 9.53 Å². The van der Waals surface area contributed by atoms with Crippen LogP contribution in [-0.4, -0.2) is 42.1 Å². The van der Waals surface area contributed by atoms with E-state index >= 15 is 0 Å². The van der Waals surface area contributed by atoms with E-state index < -0.39 is 0 Å². The van der Waals surface area contributed by atoms with Crippen LogP contribution < -0.4 is 15.0 Å². The van der Waals surface area contributed by atoms with Crippen molar-refractivity contribution in [3.8, 4) is 5.75 Å². The van der Waals surface area contributed by atoms with Crippen LogP contribution in [-0.2, 0) is 11.2 Å². The summed E-state index contributed by atoms with van der Waals surface area (Å²) in [5.74, 6) is 3.12. The standard InChI is InChI=1S/C22H30N4O2/c1-3-7-20-24-17(2)14-21(25-20)26-12-10-18(11-13-26)15-23-22(27)16-28-19-8-5-4-6-9-19/h4-6,8-9,14,18H,3,7,10-13,15-16H2,1-2H3,(H,23,27). The van der Waals surface area contributed by atoms with Crippen LogP contribution in [0.3, 0.4) is 0 Å². The summed E-state index contributed by atoms with van der Waals surface area (Å²) in [7, 11) is 0. The third-order valence-electron chi connectivity index (χ3n) is 5.00. The second kappa shape index (κ2) is 10.1. The molecular formula is C22H30N4O2. The van der Waals surface area contributed by atoms with Gasteiger partial charge in [0.25, 0.3) is 5.91 Å². The van der Waals surface area contributed by atoms with Crippen LogP contribution in [0.4, 0.5) is 5.82 Å². The van der Waals surface area contributed by atoms with E-state index in [0.717, 1.165) is 56.1 Å². The average molecular weight is 383 g/mol. The fourth-order valence-corrected chi connectivity index (χ4v) is 3.45. The number of carbonyl (C=O) groups excluding carboxylic acids is 1. The highest BCUT2D eigenvalue weighted by atomic mass is 16.5. The van der Waals surface area contributed by atoms with Gasteiger partial charge >= 0.3 is 0 Å². The van der Waals surface area contributed by atoms with Gasteiger partial charge in [0.1, 0.15) is 17.4 Å². The molecule has 0 unspecified atom stereocenters. The Morgan fingerprint density at radius 2 is 1.96 bits per heavy atom. The highest BCUT2D eigenvalue weighted by Gasteiger charge is 2.21. The van der Waals surface area contributed by atoms with Crippen molar-refractivity contribution >= 4 is 11.7 Å². The zero-order valence-corrected chi connectivity index (χ0v) is 16.9. The number of rotatable bonds is 8. The predicted octanol–water partition coefficient (Wildman–Crippen LogP) is 3.15. The van der Waals surface area contributed by atoms with E-state index in [9.17, 15) is 4.79 Å². The van der Waals surface area contributed by atoms with Crippen LogP contribution in [0.25, 0.3) is 0 Å². The van der Waals surface area contributed by atoms with E-state index in [0.29, 0.717) is 18.2 Å². The molecule has 150 valence electrons. The SMILES string of the molecule is CCCc1nc(C)cc(N2CCC(CNC(=O)COc3ccccc3)CC2)n1. The minimum Gasteiger partial charge on any atom is -0.484 e. The first-order valence-electron chi connectivity index (χ1n) is 10.2. The second-order valence-electron chi connectivity index (χ2n) is 7.37. The number of piperidine rings is 1. The third-order valence-corrected chi connectivity index (χ3v) is 5.00. The number of carbonyl (C=O) groups is 1. The maximum atomic E-state index is 12.0.